The van der Waals surface area contributed by atoms with Crippen molar-refractivity contribution in [2.45, 2.75) is 0 Å². The van der Waals surface area contributed by atoms with E-state index in [0.717, 1.165) is 101 Å². The smallest absolute Gasteiger partial charge is 0.161 e. The molecule has 0 saturated heterocycles. The number of hydrogen-bond donors (Lipinski definition) is 0. The fourth-order valence-electron chi connectivity index (χ4n) is 8.98. The average molecular weight is 893 g/mol. The summed E-state index contributed by atoms with van der Waals surface area (Å²) in [5.41, 5.74) is 17.9. The van der Waals surface area contributed by atoms with Crippen LogP contribution in [0.25, 0.3) is 112 Å². The molecule has 0 aliphatic carbocycles. The molecule has 11 aromatic rings. The Hall–Kier alpha value is -9.88. The maximum Gasteiger partial charge on any atom is 0.161 e. The van der Waals surface area contributed by atoms with Gasteiger partial charge >= 0.3 is 0 Å². The first-order valence-electron chi connectivity index (χ1n) is 23.0. The van der Waals surface area contributed by atoms with Crippen LogP contribution >= 0.6 is 0 Å². The summed E-state index contributed by atoms with van der Waals surface area (Å²) in [5, 5.41) is 19.3. The van der Waals surface area contributed by atoms with Crippen molar-refractivity contribution >= 4 is 0 Å². The van der Waals surface area contributed by atoms with Crippen LogP contribution in [0.5, 0.6) is 0 Å². The third-order valence-electron chi connectivity index (χ3n) is 12.4. The fourth-order valence-corrected chi connectivity index (χ4v) is 8.98. The van der Waals surface area contributed by atoms with Crippen LogP contribution in [0.3, 0.4) is 0 Å². The first kappa shape index (κ1) is 42.7. The maximum atomic E-state index is 9.64. The second kappa shape index (κ2) is 19.1. The van der Waals surface area contributed by atoms with Crippen LogP contribution in [0.4, 0.5) is 0 Å². The Labute approximate surface area is 406 Å². The monoisotopic (exact) mass is 892 g/mol. The zero-order valence-electron chi connectivity index (χ0n) is 37.8. The second-order valence-electron chi connectivity index (χ2n) is 16.8. The Morgan fingerprint density at radius 3 is 1.07 bits per heavy atom. The molecule has 0 radical (unpaired) electrons. The van der Waals surface area contributed by atoms with Gasteiger partial charge in [0, 0.05) is 33.4 Å². The van der Waals surface area contributed by atoms with Crippen LogP contribution in [-0.2, 0) is 0 Å². The molecule has 0 spiro atoms. The minimum absolute atomic E-state index is 0.599. The molecule has 11 rings (SSSR count). The Morgan fingerprint density at radius 2 is 0.557 bits per heavy atom. The van der Waals surface area contributed by atoms with E-state index in [2.05, 4.69) is 140 Å². The van der Waals surface area contributed by atoms with Gasteiger partial charge in [-0.2, -0.15) is 10.5 Å². The molecule has 0 N–H and O–H groups in total. The molecule has 2 heterocycles. The molecule has 0 unspecified atom stereocenters. The van der Waals surface area contributed by atoms with E-state index in [4.69, 9.17) is 19.9 Å². The van der Waals surface area contributed by atoms with Crippen LogP contribution in [-0.4, -0.2) is 19.9 Å². The summed E-state index contributed by atoms with van der Waals surface area (Å²) < 4.78 is 0. The molecule has 0 aliphatic rings. The molecule has 2 aromatic heterocycles. The topological polar surface area (TPSA) is 99.1 Å². The minimum Gasteiger partial charge on any atom is -0.228 e. The zero-order valence-corrected chi connectivity index (χ0v) is 37.8. The van der Waals surface area contributed by atoms with Gasteiger partial charge in [-0.3, -0.25) is 0 Å². The van der Waals surface area contributed by atoms with Crippen LogP contribution in [0.1, 0.15) is 11.1 Å². The predicted molar refractivity (Wildman–Crippen MR) is 281 cm³/mol. The van der Waals surface area contributed by atoms with Crippen LogP contribution in [0.15, 0.2) is 243 Å². The number of benzene rings is 9. The highest BCUT2D eigenvalue weighted by Crippen LogP contribution is 2.42. The zero-order chi connectivity index (χ0) is 47.2. The van der Waals surface area contributed by atoms with Crippen LogP contribution in [0, 0.1) is 22.7 Å². The molecule has 0 atom stereocenters. The predicted octanol–water partition coefficient (Wildman–Crippen LogP) is 15.7. The number of aromatic nitrogens is 4. The summed E-state index contributed by atoms with van der Waals surface area (Å²) in [4.78, 5) is 21.1. The van der Waals surface area contributed by atoms with Crippen molar-refractivity contribution in [1.82, 2.24) is 19.9 Å². The SMILES string of the molecule is N#Cc1cccc(-c2cccc(-c3cc(-c4ccccc4-c4ccccc4-c4ccccc4-c4nc(-c5ccccc5)cc(-c5cccc(-c6cccc(C#N)c6)c5)n4)nc(-c4ccccc4)n3)c2)c1. The standard InChI is InChI=1S/C64H40N6/c65-41-43-17-13-23-47(35-43)49-25-15-27-51(37-49)60-39-59(45-19-3-1-4-20-45)68-64(69-60)58-34-12-10-32-56(58)54-30-8-7-29-53(54)55-31-9-11-33-57(55)62-40-61(67-63(70-62)46-21-5-2-6-22-46)52-28-16-26-50(38-52)48-24-14-18-44(36-48)42-66/h1-40H. The summed E-state index contributed by atoms with van der Waals surface area (Å²) in [6, 6.07) is 86.2. The van der Waals surface area contributed by atoms with Crippen molar-refractivity contribution in [3.8, 4) is 124 Å². The van der Waals surface area contributed by atoms with Crippen molar-refractivity contribution in [3.05, 3.63) is 254 Å². The lowest BCUT2D eigenvalue weighted by atomic mass is 9.88. The van der Waals surface area contributed by atoms with E-state index in [1.807, 2.05) is 115 Å². The molecule has 0 saturated carbocycles. The Bertz CT molecular complexity index is 3560. The Morgan fingerprint density at radius 1 is 0.229 bits per heavy atom. The Balaban J connectivity index is 1.05. The van der Waals surface area contributed by atoms with E-state index in [1.54, 1.807) is 0 Å². The van der Waals surface area contributed by atoms with Gasteiger partial charge in [0.15, 0.2) is 11.6 Å². The normalized spacial score (nSPS) is 10.8. The molecule has 9 aromatic carbocycles. The van der Waals surface area contributed by atoms with Crippen molar-refractivity contribution < 1.29 is 0 Å². The van der Waals surface area contributed by atoms with Crippen LogP contribution in [0.2, 0.25) is 0 Å². The second-order valence-corrected chi connectivity index (χ2v) is 16.8. The van der Waals surface area contributed by atoms with Gasteiger partial charge in [0.2, 0.25) is 0 Å². The lowest BCUT2D eigenvalue weighted by Gasteiger charge is -2.18. The molecule has 326 valence electrons. The summed E-state index contributed by atoms with van der Waals surface area (Å²) >= 11 is 0. The molecule has 0 bridgehead atoms. The van der Waals surface area contributed by atoms with E-state index in [9.17, 15) is 10.5 Å². The Kier molecular flexibility index (Phi) is 11.7. The molecule has 6 nitrogen and oxygen atoms in total. The molecular formula is C64H40N6. The molecule has 0 fully saturated rings. The fraction of sp³-hybridized carbons (Fsp3) is 0. The van der Waals surface area contributed by atoms with E-state index < -0.39 is 0 Å². The lowest BCUT2D eigenvalue weighted by Crippen LogP contribution is -1.99. The number of rotatable bonds is 10. The quantitative estimate of drug-likeness (QED) is 0.136. The summed E-state index contributed by atoms with van der Waals surface area (Å²) in [5.74, 6) is 1.22. The third kappa shape index (κ3) is 8.76. The maximum absolute atomic E-state index is 9.64. The molecule has 0 aliphatic heterocycles. The van der Waals surface area contributed by atoms with Gasteiger partial charge in [0.25, 0.3) is 0 Å². The van der Waals surface area contributed by atoms with E-state index >= 15 is 0 Å². The van der Waals surface area contributed by atoms with Crippen molar-refractivity contribution in [1.29, 1.82) is 10.5 Å². The van der Waals surface area contributed by atoms with Gasteiger partial charge in [-0.25, -0.2) is 19.9 Å². The van der Waals surface area contributed by atoms with Crippen molar-refractivity contribution in [3.63, 3.8) is 0 Å². The minimum atomic E-state index is 0.599. The lowest BCUT2D eigenvalue weighted by molar-refractivity contribution is 1.18. The van der Waals surface area contributed by atoms with Gasteiger partial charge in [-0.05, 0) is 93.0 Å². The third-order valence-corrected chi connectivity index (χ3v) is 12.4. The summed E-state index contributed by atoms with van der Waals surface area (Å²) in [6.07, 6.45) is 0. The van der Waals surface area contributed by atoms with Gasteiger partial charge in [-0.15, -0.1) is 0 Å². The van der Waals surface area contributed by atoms with Gasteiger partial charge in [0.1, 0.15) is 0 Å². The van der Waals surface area contributed by atoms with E-state index in [-0.39, 0.29) is 0 Å². The van der Waals surface area contributed by atoms with Gasteiger partial charge in [-0.1, -0.05) is 194 Å². The van der Waals surface area contributed by atoms with Gasteiger partial charge < -0.3 is 0 Å². The first-order valence-corrected chi connectivity index (χ1v) is 23.0. The summed E-state index contributed by atoms with van der Waals surface area (Å²) in [7, 11) is 0. The van der Waals surface area contributed by atoms with Crippen molar-refractivity contribution in [2.75, 3.05) is 0 Å². The number of nitriles is 2. The largest absolute Gasteiger partial charge is 0.228 e. The van der Waals surface area contributed by atoms with Crippen LogP contribution < -0.4 is 0 Å². The molecule has 0 amide bonds. The van der Waals surface area contributed by atoms with Crippen molar-refractivity contribution in [2.24, 2.45) is 0 Å². The molecule has 70 heavy (non-hydrogen) atoms. The number of hydrogen-bond acceptors (Lipinski definition) is 6. The first-order chi connectivity index (χ1) is 34.6. The highest BCUT2D eigenvalue weighted by molar-refractivity contribution is 5.95. The average Bonchev–Trinajstić information content (AvgIpc) is 3.45. The van der Waals surface area contributed by atoms with E-state index in [0.29, 0.717) is 22.8 Å². The highest BCUT2D eigenvalue weighted by Gasteiger charge is 2.20. The highest BCUT2D eigenvalue weighted by atomic mass is 14.9. The number of nitrogens with zero attached hydrogens (tertiary/aromatic N) is 6. The summed E-state index contributed by atoms with van der Waals surface area (Å²) in [6.45, 7) is 0. The molecule has 6 heteroatoms. The molecular weight excluding hydrogens is 853 g/mol. The van der Waals surface area contributed by atoms with Gasteiger partial charge in [0.05, 0.1) is 46.0 Å². The van der Waals surface area contributed by atoms with E-state index in [1.165, 1.54) is 0 Å².